The molecule has 0 heterocycles. The zero-order valence-electron chi connectivity index (χ0n) is 8.71. The van der Waals surface area contributed by atoms with E-state index in [1.165, 1.54) is 5.56 Å². The van der Waals surface area contributed by atoms with Gasteiger partial charge in [0.05, 0.1) is 0 Å². The first-order valence-corrected chi connectivity index (χ1v) is 5.78. The van der Waals surface area contributed by atoms with E-state index in [2.05, 4.69) is 47.1 Å². The molecule has 0 amide bonds. The van der Waals surface area contributed by atoms with Crippen molar-refractivity contribution in [3.8, 4) is 0 Å². The Morgan fingerprint density at radius 1 is 1.07 bits per heavy atom. The molecule has 0 N–H and O–H groups in total. The SMILES string of the molecule is CCC(Br)[c-]1cccc1.[Fe].[cH-]1[cH-][cH-][cH-][cH-]1. The van der Waals surface area contributed by atoms with Crippen molar-refractivity contribution in [2.45, 2.75) is 18.2 Å². The number of alkyl halides is 1. The number of hydrogen-bond donors (Lipinski definition) is 0. The maximum absolute atomic E-state index is 3.56. The fourth-order valence-corrected chi connectivity index (χ4v) is 1.46. The Morgan fingerprint density at radius 2 is 1.47 bits per heavy atom. The van der Waals surface area contributed by atoms with E-state index in [1.54, 1.807) is 0 Å². The van der Waals surface area contributed by atoms with E-state index in [9.17, 15) is 0 Å². The molecule has 0 bridgehead atoms. The van der Waals surface area contributed by atoms with Crippen LogP contribution in [-0.4, -0.2) is 0 Å². The molecule has 88 valence electrons. The van der Waals surface area contributed by atoms with Crippen LogP contribution >= 0.6 is 15.9 Å². The molecule has 2 heteroatoms. The van der Waals surface area contributed by atoms with E-state index >= 15 is 0 Å². The Balaban J connectivity index is 0.000000280. The molecule has 0 radical (unpaired) electrons. The van der Waals surface area contributed by atoms with Crippen LogP contribution in [0.4, 0.5) is 0 Å². The van der Waals surface area contributed by atoms with Gasteiger partial charge in [-0.2, -0.15) is 12.1 Å². The Hall–Kier alpha value is -0.301. The second-order valence-corrected chi connectivity index (χ2v) is 4.16. The molecule has 0 nitrogen and oxygen atoms in total. The van der Waals surface area contributed by atoms with Crippen molar-refractivity contribution in [3.05, 3.63) is 60.2 Å². The molecule has 0 saturated carbocycles. The summed E-state index contributed by atoms with van der Waals surface area (Å²) in [6.07, 6.45) is 1.16. The van der Waals surface area contributed by atoms with E-state index in [1.807, 2.05) is 30.3 Å². The molecule has 2 aromatic rings. The van der Waals surface area contributed by atoms with Crippen molar-refractivity contribution >= 4 is 15.9 Å². The van der Waals surface area contributed by atoms with Crippen LogP contribution < -0.4 is 0 Å². The van der Waals surface area contributed by atoms with E-state index in [0.29, 0.717) is 4.83 Å². The minimum absolute atomic E-state index is 0. The van der Waals surface area contributed by atoms with Gasteiger partial charge in [0.25, 0.3) is 0 Å². The van der Waals surface area contributed by atoms with Gasteiger partial charge < -0.3 is 30.3 Å². The molecule has 15 heavy (non-hydrogen) atoms. The number of rotatable bonds is 2. The van der Waals surface area contributed by atoms with Gasteiger partial charge in [0.2, 0.25) is 0 Å². The van der Waals surface area contributed by atoms with E-state index in [-0.39, 0.29) is 17.1 Å². The fourth-order valence-electron chi connectivity index (χ4n) is 1.15. The van der Waals surface area contributed by atoms with Crippen LogP contribution in [0, 0.1) is 0 Å². The molecular weight excluding hydrogens is 292 g/mol. The quantitative estimate of drug-likeness (QED) is 0.430. The van der Waals surface area contributed by atoms with Crippen LogP contribution in [0.1, 0.15) is 23.7 Å². The summed E-state index contributed by atoms with van der Waals surface area (Å²) in [5.74, 6) is 0. The summed E-state index contributed by atoms with van der Waals surface area (Å²) < 4.78 is 0. The second kappa shape index (κ2) is 8.96. The minimum atomic E-state index is 0. The van der Waals surface area contributed by atoms with Gasteiger partial charge in [0.1, 0.15) is 0 Å². The molecule has 0 saturated heterocycles. The van der Waals surface area contributed by atoms with Gasteiger partial charge in [-0.25, -0.2) is 12.1 Å². The molecule has 0 aliphatic rings. The van der Waals surface area contributed by atoms with E-state index in [4.69, 9.17) is 0 Å². The first-order valence-electron chi connectivity index (χ1n) is 4.87. The Morgan fingerprint density at radius 3 is 1.80 bits per heavy atom. The van der Waals surface area contributed by atoms with Crippen LogP contribution in [0.15, 0.2) is 54.6 Å². The molecule has 0 spiro atoms. The Bertz CT molecular complexity index is 280. The zero-order valence-corrected chi connectivity index (χ0v) is 11.4. The van der Waals surface area contributed by atoms with Crippen molar-refractivity contribution in [1.29, 1.82) is 0 Å². The molecule has 2 rings (SSSR count). The first-order chi connectivity index (χ1) is 6.84. The minimum Gasteiger partial charge on any atom is -0.748 e. The monoisotopic (exact) mass is 306 g/mol. The van der Waals surface area contributed by atoms with Crippen molar-refractivity contribution in [2.24, 2.45) is 0 Å². The fraction of sp³-hybridized carbons (Fsp3) is 0.231. The van der Waals surface area contributed by atoms with E-state index < -0.39 is 0 Å². The number of halogens is 1. The summed E-state index contributed by atoms with van der Waals surface area (Å²) in [6, 6.07) is 18.4. The van der Waals surface area contributed by atoms with Gasteiger partial charge in [-0.15, -0.1) is 5.56 Å². The van der Waals surface area contributed by atoms with Gasteiger partial charge in [-0.1, -0.05) is 29.3 Å². The third kappa shape index (κ3) is 5.99. The summed E-state index contributed by atoms with van der Waals surface area (Å²) >= 11 is 3.56. The van der Waals surface area contributed by atoms with Crippen LogP contribution in [0.25, 0.3) is 0 Å². The van der Waals surface area contributed by atoms with Gasteiger partial charge in [0, 0.05) is 17.1 Å². The van der Waals surface area contributed by atoms with Gasteiger partial charge in [0.15, 0.2) is 0 Å². The molecule has 0 aliphatic heterocycles. The molecular formula is C13H15BrFe-6. The summed E-state index contributed by atoms with van der Waals surface area (Å²) in [6.45, 7) is 2.17. The van der Waals surface area contributed by atoms with Crippen LogP contribution in [0.3, 0.4) is 0 Å². The smallest absolute Gasteiger partial charge is 0 e. The zero-order chi connectivity index (χ0) is 10.2. The standard InChI is InChI=1S/C8H10Br.C5H5.Fe/c1-2-8(9)7-5-3-4-6-7;1-2-4-5-3-1;/h3-6,8H,2H2,1H3;1-5H;/q-1;-5;. The maximum atomic E-state index is 3.56. The summed E-state index contributed by atoms with van der Waals surface area (Å²) in [5.41, 5.74) is 1.39. The molecule has 0 aliphatic carbocycles. The van der Waals surface area contributed by atoms with Crippen molar-refractivity contribution in [2.75, 3.05) is 0 Å². The molecule has 0 aromatic heterocycles. The normalized spacial score (nSPS) is 10.8. The second-order valence-electron chi connectivity index (χ2n) is 3.06. The predicted octanol–water partition coefficient (Wildman–Crippen LogP) is 4.65. The Labute approximate surface area is 111 Å². The van der Waals surface area contributed by atoms with Crippen LogP contribution in [0.2, 0.25) is 0 Å². The van der Waals surface area contributed by atoms with Gasteiger partial charge in [-0.05, 0) is 4.83 Å². The molecule has 1 atom stereocenters. The van der Waals surface area contributed by atoms with E-state index in [0.717, 1.165) is 6.42 Å². The summed E-state index contributed by atoms with van der Waals surface area (Å²) in [4.78, 5) is 0.549. The molecule has 2 aromatic carbocycles. The Kier molecular flexibility index (Phi) is 8.78. The third-order valence-electron chi connectivity index (χ3n) is 1.96. The third-order valence-corrected chi connectivity index (χ3v) is 3.14. The van der Waals surface area contributed by atoms with Crippen molar-refractivity contribution in [1.82, 2.24) is 0 Å². The molecule has 0 fully saturated rings. The average Bonchev–Trinajstić information content (AvgIpc) is 2.91. The van der Waals surface area contributed by atoms with Crippen molar-refractivity contribution < 1.29 is 17.1 Å². The first kappa shape index (κ1) is 14.7. The topological polar surface area (TPSA) is 0 Å². The van der Waals surface area contributed by atoms with Gasteiger partial charge in [-0.3, -0.25) is 0 Å². The average molecular weight is 307 g/mol. The van der Waals surface area contributed by atoms with Gasteiger partial charge >= 0.3 is 0 Å². The van der Waals surface area contributed by atoms with Crippen LogP contribution in [0.5, 0.6) is 0 Å². The predicted molar refractivity (Wildman–Crippen MR) is 66.0 cm³/mol. The van der Waals surface area contributed by atoms with Crippen molar-refractivity contribution in [3.63, 3.8) is 0 Å². The number of hydrogen-bond acceptors (Lipinski definition) is 0. The van der Waals surface area contributed by atoms with Crippen LogP contribution in [-0.2, 0) is 17.1 Å². The molecule has 1 unspecified atom stereocenters. The summed E-state index contributed by atoms with van der Waals surface area (Å²) in [7, 11) is 0. The maximum Gasteiger partial charge on any atom is 0 e. The summed E-state index contributed by atoms with van der Waals surface area (Å²) in [5, 5.41) is 0. The largest absolute Gasteiger partial charge is 0.748 e.